The molecule has 0 aromatic heterocycles. The van der Waals surface area contributed by atoms with Crippen LogP contribution in [-0.2, 0) is 9.53 Å². The van der Waals surface area contributed by atoms with Crippen LogP contribution in [0, 0.1) is 0 Å². The van der Waals surface area contributed by atoms with E-state index in [-0.39, 0.29) is 5.97 Å². The summed E-state index contributed by atoms with van der Waals surface area (Å²) >= 11 is 3.39. The van der Waals surface area contributed by atoms with Crippen LogP contribution in [0.25, 0.3) is 5.57 Å². The molecule has 0 saturated heterocycles. The van der Waals surface area contributed by atoms with Crippen molar-refractivity contribution in [2.24, 2.45) is 0 Å². The third-order valence-electron chi connectivity index (χ3n) is 2.86. The summed E-state index contributed by atoms with van der Waals surface area (Å²) in [4.78, 5) is 11.8. The van der Waals surface area contributed by atoms with Crippen LogP contribution in [0.4, 0.5) is 0 Å². The summed E-state index contributed by atoms with van der Waals surface area (Å²) in [5.41, 5.74) is 2.47. The lowest BCUT2D eigenvalue weighted by molar-refractivity contribution is -0.134. The van der Waals surface area contributed by atoms with Crippen molar-refractivity contribution >= 4 is 27.5 Å². The minimum Gasteiger partial charge on any atom is -0.456 e. The highest BCUT2D eigenvalue weighted by Gasteiger charge is 2.25. The van der Waals surface area contributed by atoms with Crippen LogP contribution < -0.4 is 5.32 Å². The molecule has 1 aliphatic heterocycles. The molecule has 1 aromatic carbocycles. The fourth-order valence-corrected chi connectivity index (χ4v) is 2.13. The molecule has 0 radical (unpaired) electrons. The third-order valence-corrected chi connectivity index (χ3v) is 3.38. The van der Waals surface area contributed by atoms with Gasteiger partial charge in [-0.15, -0.1) is 0 Å². The van der Waals surface area contributed by atoms with Crippen molar-refractivity contribution in [1.29, 1.82) is 0 Å². The number of benzene rings is 1. The second kappa shape index (κ2) is 6.05. The largest absolute Gasteiger partial charge is 0.456 e. The van der Waals surface area contributed by atoms with E-state index in [0.29, 0.717) is 12.2 Å². The van der Waals surface area contributed by atoms with Gasteiger partial charge in [0, 0.05) is 11.0 Å². The van der Waals surface area contributed by atoms with E-state index < -0.39 is 0 Å². The number of carbonyl (C=O) groups is 1. The molecule has 1 heterocycles. The van der Waals surface area contributed by atoms with Crippen molar-refractivity contribution in [2.45, 2.75) is 19.8 Å². The lowest BCUT2D eigenvalue weighted by atomic mass is 10.1. The maximum atomic E-state index is 11.8. The Hall–Kier alpha value is -1.29. The Balaban J connectivity index is 2.22. The van der Waals surface area contributed by atoms with Crippen LogP contribution in [0.2, 0.25) is 0 Å². The highest BCUT2D eigenvalue weighted by atomic mass is 79.9. The second-order valence-corrected chi connectivity index (χ2v) is 5.13. The Bertz CT molecular complexity index is 465. The van der Waals surface area contributed by atoms with E-state index in [9.17, 15) is 4.79 Å². The quantitative estimate of drug-likeness (QED) is 0.671. The van der Waals surface area contributed by atoms with Gasteiger partial charge >= 0.3 is 5.97 Å². The Morgan fingerprint density at radius 3 is 2.72 bits per heavy atom. The number of esters is 1. The first-order chi connectivity index (χ1) is 8.72. The number of hydrogen-bond acceptors (Lipinski definition) is 3. The fraction of sp³-hybridized carbons (Fsp3) is 0.357. The van der Waals surface area contributed by atoms with E-state index in [1.165, 1.54) is 0 Å². The van der Waals surface area contributed by atoms with Crippen LogP contribution in [0.1, 0.15) is 25.3 Å². The average molecular weight is 310 g/mol. The zero-order valence-electron chi connectivity index (χ0n) is 10.3. The van der Waals surface area contributed by atoms with Crippen molar-refractivity contribution in [3.8, 4) is 0 Å². The molecule has 0 amide bonds. The summed E-state index contributed by atoms with van der Waals surface area (Å²) in [5, 5.41) is 3.30. The minimum absolute atomic E-state index is 0.240. The van der Waals surface area contributed by atoms with Gasteiger partial charge < -0.3 is 10.1 Å². The number of nitrogens with one attached hydrogen (secondary N) is 1. The molecule has 2 rings (SSSR count). The molecule has 0 unspecified atom stereocenters. The summed E-state index contributed by atoms with van der Waals surface area (Å²) in [6.07, 6.45) is 2.22. The molecule has 0 spiro atoms. The predicted octanol–water partition coefficient (Wildman–Crippen LogP) is 3.11. The molecule has 0 atom stereocenters. The summed E-state index contributed by atoms with van der Waals surface area (Å²) in [5.74, 6) is -0.240. The van der Waals surface area contributed by atoms with Crippen molar-refractivity contribution in [2.75, 3.05) is 13.2 Å². The molecule has 4 heteroatoms. The lowest BCUT2D eigenvalue weighted by Gasteiger charge is -2.07. The zero-order valence-corrected chi connectivity index (χ0v) is 11.9. The molecule has 0 bridgehead atoms. The SMILES string of the molecule is CCCCNC1=C(c2ccc(Br)cc2)C(=O)OC1. The van der Waals surface area contributed by atoms with Gasteiger partial charge in [-0.25, -0.2) is 4.79 Å². The smallest absolute Gasteiger partial charge is 0.341 e. The van der Waals surface area contributed by atoms with E-state index in [1.807, 2.05) is 24.3 Å². The first kappa shape index (κ1) is 13.1. The molecular formula is C14H16BrNO2. The first-order valence-electron chi connectivity index (χ1n) is 6.12. The summed E-state index contributed by atoms with van der Waals surface area (Å²) < 4.78 is 6.11. The maximum Gasteiger partial charge on any atom is 0.341 e. The van der Waals surface area contributed by atoms with Crippen LogP contribution >= 0.6 is 15.9 Å². The number of hydrogen-bond donors (Lipinski definition) is 1. The first-order valence-corrected chi connectivity index (χ1v) is 6.91. The molecule has 0 aliphatic carbocycles. The van der Waals surface area contributed by atoms with Gasteiger partial charge in [-0.2, -0.15) is 0 Å². The van der Waals surface area contributed by atoms with Gasteiger partial charge in [0.1, 0.15) is 6.61 Å². The number of rotatable bonds is 5. The number of ether oxygens (including phenoxy) is 1. The molecule has 3 nitrogen and oxygen atoms in total. The van der Waals surface area contributed by atoms with Gasteiger partial charge in [0.25, 0.3) is 0 Å². The monoisotopic (exact) mass is 309 g/mol. The summed E-state index contributed by atoms with van der Waals surface area (Å²) in [6.45, 7) is 3.37. The Labute approximate surface area is 115 Å². The van der Waals surface area contributed by atoms with Gasteiger partial charge in [0.05, 0.1) is 11.3 Å². The predicted molar refractivity (Wildman–Crippen MR) is 74.9 cm³/mol. The van der Waals surface area contributed by atoms with E-state index in [0.717, 1.165) is 35.1 Å². The second-order valence-electron chi connectivity index (χ2n) is 4.22. The van der Waals surface area contributed by atoms with Gasteiger partial charge in [-0.1, -0.05) is 41.4 Å². The summed E-state index contributed by atoms with van der Waals surface area (Å²) in [6, 6.07) is 7.70. The standard InChI is InChI=1S/C14H16BrNO2/c1-2-3-8-16-12-9-18-14(17)13(12)10-4-6-11(15)7-5-10/h4-7,16H,2-3,8-9H2,1H3. The molecule has 1 aromatic rings. The van der Waals surface area contributed by atoms with Gasteiger partial charge in [-0.05, 0) is 24.1 Å². The zero-order chi connectivity index (χ0) is 13.0. The molecule has 96 valence electrons. The molecular weight excluding hydrogens is 294 g/mol. The van der Waals surface area contributed by atoms with Gasteiger partial charge in [0.2, 0.25) is 0 Å². The molecule has 1 N–H and O–H groups in total. The lowest BCUT2D eigenvalue weighted by Crippen LogP contribution is -2.16. The van der Waals surface area contributed by atoms with E-state index >= 15 is 0 Å². The van der Waals surface area contributed by atoms with E-state index in [2.05, 4.69) is 28.2 Å². The highest BCUT2D eigenvalue weighted by Crippen LogP contribution is 2.26. The van der Waals surface area contributed by atoms with Crippen molar-refractivity contribution in [1.82, 2.24) is 5.32 Å². The number of cyclic esters (lactones) is 1. The highest BCUT2D eigenvalue weighted by molar-refractivity contribution is 9.10. The minimum atomic E-state index is -0.240. The van der Waals surface area contributed by atoms with Crippen molar-refractivity contribution in [3.05, 3.63) is 40.0 Å². The fourth-order valence-electron chi connectivity index (χ4n) is 1.87. The van der Waals surface area contributed by atoms with Gasteiger partial charge in [0.15, 0.2) is 0 Å². The van der Waals surface area contributed by atoms with Crippen molar-refractivity contribution in [3.63, 3.8) is 0 Å². The Kier molecular flexibility index (Phi) is 4.42. The van der Waals surface area contributed by atoms with E-state index in [1.54, 1.807) is 0 Å². The van der Waals surface area contributed by atoms with E-state index in [4.69, 9.17) is 4.74 Å². The normalized spacial score (nSPS) is 14.9. The molecule has 0 saturated carbocycles. The molecule has 1 aliphatic rings. The number of carbonyl (C=O) groups excluding carboxylic acids is 1. The number of unbranched alkanes of at least 4 members (excludes halogenated alkanes) is 1. The summed E-state index contributed by atoms with van der Waals surface area (Å²) in [7, 11) is 0. The molecule has 0 fully saturated rings. The number of halogens is 1. The maximum absolute atomic E-state index is 11.8. The van der Waals surface area contributed by atoms with Crippen molar-refractivity contribution < 1.29 is 9.53 Å². The van der Waals surface area contributed by atoms with Crippen LogP contribution in [0.15, 0.2) is 34.4 Å². The topological polar surface area (TPSA) is 38.3 Å². The molecule has 18 heavy (non-hydrogen) atoms. The average Bonchev–Trinajstić information content (AvgIpc) is 2.72. The third kappa shape index (κ3) is 2.93. The van der Waals surface area contributed by atoms with Crippen LogP contribution in [0.3, 0.4) is 0 Å². The Morgan fingerprint density at radius 2 is 2.06 bits per heavy atom. The van der Waals surface area contributed by atoms with Crippen LogP contribution in [-0.4, -0.2) is 19.1 Å². The Morgan fingerprint density at radius 1 is 1.33 bits per heavy atom. The van der Waals surface area contributed by atoms with Crippen LogP contribution in [0.5, 0.6) is 0 Å². The van der Waals surface area contributed by atoms with Gasteiger partial charge in [-0.3, -0.25) is 0 Å².